The van der Waals surface area contributed by atoms with Gasteiger partial charge in [-0.2, -0.15) is 0 Å². The van der Waals surface area contributed by atoms with Crippen LogP contribution in [0.4, 0.5) is 8.78 Å². The lowest BCUT2D eigenvalue weighted by Crippen LogP contribution is -2.34. The number of benzene rings is 1. The van der Waals surface area contributed by atoms with Crippen molar-refractivity contribution < 1.29 is 8.78 Å². The SMILES string of the molecule is CCNC(c1cccc(F)c1F)C1CCCC1(C)C. The minimum Gasteiger partial charge on any atom is -0.310 e. The molecule has 1 aromatic carbocycles. The van der Waals surface area contributed by atoms with Gasteiger partial charge in [0.15, 0.2) is 11.6 Å². The third-order valence-electron chi connectivity index (χ3n) is 4.48. The third kappa shape index (κ3) is 2.81. The van der Waals surface area contributed by atoms with E-state index in [1.54, 1.807) is 12.1 Å². The summed E-state index contributed by atoms with van der Waals surface area (Å²) < 4.78 is 27.5. The molecule has 0 spiro atoms. The van der Waals surface area contributed by atoms with E-state index in [0.29, 0.717) is 11.5 Å². The third-order valence-corrected chi connectivity index (χ3v) is 4.48. The standard InChI is InChI=1S/C16H23F2N/c1-4-19-15(12-8-6-10-16(12,2)3)11-7-5-9-13(17)14(11)18/h5,7,9,12,15,19H,4,6,8,10H2,1-3H3. The second-order valence-electron chi connectivity index (χ2n) is 6.17. The quantitative estimate of drug-likeness (QED) is 0.850. The maximum absolute atomic E-state index is 14.1. The van der Waals surface area contributed by atoms with Gasteiger partial charge in [-0.1, -0.05) is 39.3 Å². The van der Waals surface area contributed by atoms with Crippen molar-refractivity contribution in [1.82, 2.24) is 5.32 Å². The molecule has 1 aliphatic rings. The molecule has 106 valence electrons. The summed E-state index contributed by atoms with van der Waals surface area (Å²) in [5.41, 5.74) is 0.646. The van der Waals surface area contributed by atoms with Crippen LogP contribution in [0.15, 0.2) is 18.2 Å². The first-order valence-corrected chi connectivity index (χ1v) is 7.14. The van der Waals surface area contributed by atoms with Crippen LogP contribution in [0, 0.1) is 23.0 Å². The molecule has 0 saturated heterocycles. The van der Waals surface area contributed by atoms with E-state index in [2.05, 4.69) is 19.2 Å². The summed E-state index contributed by atoms with van der Waals surface area (Å²) in [5, 5.41) is 3.36. The van der Waals surface area contributed by atoms with Crippen LogP contribution in [0.25, 0.3) is 0 Å². The Hall–Kier alpha value is -0.960. The molecule has 0 radical (unpaired) electrons. The van der Waals surface area contributed by atoms with Gasteiger partial charge in [0.25, 0.3) is 0 Å². The summed E-state index contributed by atoms with van der Waals surface area (Å²) >= 11 is 0. The molecule has 1 saturated carbocycles. The average Bonchev–Trinajstić information content (AvgIpc) is 2.70. The largest absolute Gasteiger partial charge is 0.310 e. The van der Waals surface area contributed by atoms with E-state index in [0.717, 1.165) is 25.8 Å². The average molecular weight is 267 g/mol. The van der Waals surface area contributed by atoms with E-state index >= 15 is 0 Å². The monoisotopic (exact) mass is 267 g/mol. The molecule has 0 heterocycles. The summed E-state index contributed by atoms with van der Waals surface area (Å²) in [7, 11) is 0. The van der Waals surface area contributed by atoms with E-state index in [9.17, 15) is 8.78 Å². The van der Waals surface area contributed by atoms with Gasteiger partial charge < -0.3 is 5.32 Å². The van der Waals surface area contributed by atoms with Gasteiger partial charge in [0, 0.05) is 11.6 Å². The van der Waals surface area contributed by atoms with Crippen molar-refractivity contribution in [2.45, 2.75) is 46.1 Å². The Bertz CT molecular complexity index is 442. The minimum atomic E-state index is -0.754. The van der Waals surface area contributed by atoms with Crippen molar-refractivity contribution in [3.63, 3.8) is 0 Å². The van der Waals surface area contributed by atoms with Crippen LogP contribution in [-0.2, 0) is 0 Å². The molecule has 2 unspecified atom stereocenters. The van der Waals surface area contributed by atoms with Crippen molar-refractivity contribution in [1.29, 1.82) is 0 Å². The fraction of sp³-hybridized carbons (Fsp3) is 0.625. The van der Waals surface area contributed by atoms with Crippen molar-refractivity contribution in [3.05, 3.63) is 35.4 Å². The molecule has 2 rings (SSSR count). The maximum atomic E-state index is 14.1. The van der Waals surface area contributed by atoms with Gasteiger partial charge in [-0.05, 0) is 36.8 Å². The Labute approximate surface area is 114 Å². The highest BCUT2D eigenvalue weighted by molar-refractivity contribution is 5.24. The summed E-state index contributed by atoms with van der Waals surface area (Å²) in [6.07, 6.45) is 3.38. The number of rotatable bonds is 4. The highest BCUT2D eigenvalue weighted by Gasteiger charge is 2.40. The van der Waals surface area contributed by atoms with E-state index in [1.165, 1.54) is 6.07 Å². The maximum Gasteiger partial charge on any atom is 0.163 e. The number of nitrogens with one attached hydrogen (secondary N) is 1. The van der Waals surface area contributed by atoms with E-state index in [4.69, 9.17) is 0 Å². The second-order valence-corrected chi connectivity index (χ2v) is 6.17. The molecule has 0 amide bonds. The lowest BCUT2D eigenvalue weighted by Gasteiger charge is -2.35. The molecular weight excluding hydrogens is 244 g/mol. The van der Waals surface area contributed by atoms with Gasteiger partial charge in [-0.3, -0.25) is 0 Å². The first kappa shape index (κ1) is 14.4. The zero-order valence-electron chi connectivity index (χ0n) is 12.0. The molecule has 1 N–H and O–H groups in total. The molecule has 1 aromatic rings. The van der Waals surface area contributed by atoms with Gasteiger partial charge in [0.1, 0.15) is 0 Å². The summed E-state index contributed by atoms with van der Waals surface area (Å²) in [5.74, 6) is -1.10. The predicted molar refractivity (Wildman–Crippen MR) is 73.9 cm³/mol. The summed E-state index contributed by atoms with van der Waals surface area (Å²) in [6, 6.07) is 4.39. The molecule has 1 fully saturated rings. The highest BCUT2D eigenvalue weighted by Crippen LogP contribution is 2.49. The van der Waals surface area contributed by atoms with E-state index in [-0.39, 0.29) is 11.5 Å². The van der Waals surface area contributed by atoms with Gasteiger partial charge in [0.2, 0.25) is 0 Å². The highest BCUT2D eigenvalue weighted by atomic mass is 19.2. The molecule has 19 heavy (non-hydrogen) atoms. The van der Waals surface area contributed by atoms with E-state index < -0.39 is 11.6 Å². The number of hydrogen-bond acceptors (Lipinski definition) is 1. The lowest BCUT2D eigenvalue weighted by atomic mass is 9.75. The van der Waals surface area contributed by atoms with Crippen LogP contribution < -0.4 is 5.32 Å². The van der Waals surface area contributed by atoms with Gasteiger partial charge in [-0.25, -0.2) is 8.78 Å². The zero-order chi connectivity index (χ0) is 14.0. The Morgan fingerprint density at radius 2 is 2.11 bits per heavy atom. The number of halogens is 2. The zero-order valence-corrected chi connectivity index (χ0v) is 12.0. The number of hydrogen-bond donors (Lipinski definition) is 1. The molecule has 1 aliphatic carbocycles. The van der Waals surface area contributed by atoms with Crippen LogP contribution in [0.3, 0.4) is 0 Å². The first-order chi connectivity index (χ1) is 8.97. The lowest BCUT2D eigenvalue weighted by molar-refractivity contribution is 0.195. The fourth-order valence-corrected chi connectivity index (χ4v) is 3.42. The van der Waals surface area contributed by atoms with Crippen molar-refractivity contribution >= 4 is 0 Å². The Kier molecular flexibility index (Phi) is 4.24. The fourth-order valence-electron chi connectivity index (χ4n) is 3.42. The normalized spacial score (nSPS) is 23.5. The van der Waals surface area contributed by atoms with Gasteiger partial charge in [-0.15, -0.1) is 0 Å². The Balaban J connectivity index is 2.37. The minimum absolute atomic E-state index is 0.0989. The van der Waals surface area contributed by atoms with Crippen LogP contribution in [-0.4, -0.2) is 6.54 Å². The van der Waals surface area contributed by atoms with Crippen LogP contribution in [0.2, 0.25) is 0 Å². The topological polar surface area (TPSA) is 12.0 Å². The summed E-state index contributed by atoms with van der Waals surface area (Å²) in [6.45, 7) is 7.22. The van der Waals surface area contributed by atoms with Crippen molar-refractivity contribution in [2.24, 2.45) is 11.3 Å². The second kappa shape index (κ2) is 5.58. The van der Waals surface area contributed by atoms with Gasteiger partial charge >= 0.3 is 0 Å². The van der Waals surface area contributed by atoms with Gasteiger partial charge in [0.05, 0.1) is 0 Å². The molecule has 0 aromatic heterocycles. The van der Waals surface area contributed by atoms with Crippen LogP contribution in [0.5, 0.6) is 0 Å². The molecule has 0 aliphatic heterocycles. The van der Waals surface area contributed by atoms with Crippen LogP contribution >= 0.6 is 0 Å². The predicted octanol–water partition coefficient (Wildman–Crippen LogP) is 4.44. The molecular formula is C16H23F2N. The molecule has 3 heteroatoms. The summed E-state index contributed by atoms with van der Waals surface area (Å²) in [4.78, 5) is 0. The molecule has 2 atom stereocenters. The smallest absolute Gasteiger partial charge is 0.163 e. The van der Waals surface area contributed by atoms with Crippen molar-refractivity contribution in [3.8, 4) is 0 Å². The van der Waals surface area contributed by atoms with Crippen LogP contribution in [0.1, 0.15) is 51.6 Å². The first-order valence-electron chi connectivity index (χ1n) is 7.14. The van der Waals surface area contributed by atoms with Crippen molar-refractivity contribution in [2.75, 3.05) is 6.54 Å². The Morgan fingerprint density at radius 3 is 2.68 bits per heavy atom. The molecule has 0 bridgehead atoms. The molecule has 1 nitrogen and oxygen atoms in total. The van der Waals surface area contributed by atoms with E-state index in [1.807, 2.05) is 6.92 Å². The Morgan fingerprint density at radius 1 is 1.37 bits per heavy atom.